The summed E-state index contributed by atoms with van der Waals surface area (Å²) in [4.78, 5) is 12.5. The van der Waals surface area contributed by atoms with Crippen molar-refractivity contribution in [1.82, 2.24) is 15.0 Å². The van der Waals surface area contributed by atoms with Crippen LogP contribution in [0.1, 0.15) is 23.4 Å². The van der Waals surface area contributed by atoms with Crippen molar-refractivity contribution in [3.05, 3.63) is 40.1 Å². The SMILES string of the molecule is CC(Sc1nc(N)cc(Cl)n1)c1cc2c(CC(F)(F)F)csc2cn1. The van der Waals surface area contributed by atoms with Gasteiger partial charge in [0.2, 0.25) is 0 Å². The Hall–Kier alpha value is -1.58. The fourth-order valence-electron chi connectivity index (χ4n) is 2.26. The van der Waals surface area contributed by atoms with E-state index >= 15 is 0 Å². The van der Waals surface area contributed by atoms with Crippen molar-refractivity contribution in [2.24, 2.45) is 0 Å². The van der Waals surface area contributed by atoms with Gasteiger partial charge in [0.15, 0.2) is 5.16 Å². The second-order valence-electron chi connectivity index (χ2n) is 5.32. The summed E-state index contributed by atoms with van der Waals surface area (Å²) in [6, 6.07) is 3.13. The van der Waals surface area contributed by atoms with Gasteiger partial charge in [-0.25, -0.2) is 9.97 Å². The summed E-state index contributed by atoms with van der Waals surface area (Å²) in [6.45, 7) is 1.87. The number of anilines is 1. The smallest absolute Gasteiger partial charge is 0.384 e. The van der Waals surface area contributed by atoms with Crippen LogP contribution in [0.4, 0.5) is 19.0 Å². The first-order chi connectivity index (χ1) is 11.7. The van der Waals surface area contributed by atoms with E-state index in [1.165, 1.54) is 34.5 Å². The monoisotopic (exact) mass is 404 g/mol. The maximum Gasteiger partial charge on any atom is 0.393 e. The minimum Gasteiger partial charge on any atom is -0.384 e. The summed E-state index contributed by atoms with van der Waals surface area (Å²) >= 11 is 8.40. The second kappa shape index (κ2) is 6.97. The van der Waals surface area contributed by atoms with Crippen LogP contribution in [-0.2, 0) is 6.42 Å². The fraction of sp³-hybridized carbons (Fsp3) is 0.267. The molecule has 0 saturated carbocycles. The molecule has 2 N–H and O–H groups in total. The minimum atomic E-state index is -4.25. The summed E-state index contributed by atoms with van der Waals surface area (Å²) in [7, 11) is 0. The predicted molar refractivity (Wildman–Crippen MR) is 95.1 cm³/mol. The van der Waals surface area contributed by atoms with Gasteiger partial charge in [0.1, 0.15) is 11.0 Å². The van der Waals surface area contributed by atoms with Crippen LogP contribution in [0.3, 0.4) is 0 Å². The van der Waals surface area contributed by atoms with Gasteiger partial charge in [0, 0.05) is 12.3 Å². The minimum absolute atomic E-state index is 0.180. The van der Waals surface area contributed by atoms with Gasteiger partial charge < -0.3 is 5.73 Å². The number of nitrogens with two attached hydrogens (primary N) is 1. The van der Waals surface area contributed by atoms with Crippen molar-refractivity contribution < 1.29 is 13.2 Å². The Kier molecular flexibility index (Phi) is 5.08. The molecule has 0 aliphatic heterocycles. The van der Waals surface area contributed by atoms with Crippen molar-refractivity contribution in [3.8, 4) is 0 Å². The molecule has 1 unspecified atom stereocenters. The molecule has 0 fully saturated rings. The number of nitrogen functional groups attached to an aromatic ring is 1. The number of rotatable bonds is 4. The highest BCUT2D eigenvalue weighted by molar-refractivity contribution is 7.99. The normalized spacial score (nSPS) is 13.3. The first-order valence-electron chi connectivity index (χ1n) is 7.11. The van der Waals surface area contributed by atoms with E-state index in [-0.39, 0.29) is 21.8 Å². The van der Waals surface area contributed by atoms with Gasteiger partial charge in [-0.15, -0.1) is 11.3 Å². The largest absolute Gasteiger partial charge is 0.393 e. The number of alkyl halides is 3. The number of halogens is 4. The van der Waals surface area contributed by atoms with E-state index < -0.39 is 12.6 Å². The second-order valence-corrected chi connectivity index (χ2v) is 7.92. The number of hydrogen-bond acceptors (Lipinski definition) is 6. The first-order valence-corrected chi connectivity index (χ1v) is 9.24. The van der Waals surface area contributed by atoms with Crippen molar-refractivity contribution in [1.29, 1.82) is 0 Å². The third-order valence-corrected chi connectivity index (χ3v) is 5.51. The molecule has 3 aromatic rings. The van der Waals surface area contributed by atoms with Gasteiger partial charge in [-0.1, -0.05) is 23.4 Å². The standard InChI is InChI=1S/C15H12ClF3N4S2/c1-7(25-14-22-12(16)3-13(20)23-14)10-2-9-8(4-15(17,18)19)6-24-11(9)5-21-10/h2-3,5-7H,4H2,1H3,(H2,20,22,23). The number of fused-ring (bicyclic) bond motifs is 1. The molecule has 0 spiro atoms. The van der Waals surface area contributed by atoms with E-state index in [4.69, 9.17) is 17.3 Å². The van der Waals surface area contributed by atoms with Crippen molar-refractivity contribution >= 4 is 50.6 Å². The van der Waals surface area contributed by atoms with Crippen LogP contribution in [0, 0.1) is 0 Å². The maximum atomic E-state index is 12.7. The third kappa shape index (κ3) is 4.53. The summed E-state index contributed by atoms with van der Waals surface area (Å²) in [5.74, 6) is 0.253. The molecule has 3 aromatic heterocycles. The highest BCUT2D eigenvalue weighted by Crippen LogP contribution is 2.36. The molecule has 0 saturated heterocycles. The van der Waals surface area contributed by atoms with Gasteiger partial charge in [0.25, 0.3) is 0 Å². The molecular weight excluding hydrogens is 393 g/mol. The lowest BCUT2D eigenvalue weighted by atomic mass is 10.1. The number of thiophene rings is 1. The van der Waals surface area contributed by atoms with E-state index in [1.807, 2.05) is 6.92 Å². The Bertz CT molecular complexity index is 893. The maximum absolute atomic E-state index is 12.7. The summed E-state index contributed by atoms with van der Waals surface area (Å²) in [6.07, 6.45) is -3.60. The van der Waals surface area contributed by atoms with Crippen LogP contribution in [0.15, 0.2) is 28.9 Å². The lowest BCUT2D eigenvalue weighted by molar-refractivity contribution is -0.126. The number of aromatic nitrogens is 3. The molecule has 0 amide bonds. The predicted octanol–water partition coefficient (Wildman–Crippen LogP) is 5.28. The molecule has 3 heterocycles. The van der Waals surface area contributed by atoms with E-state index in [2.05, 4.69) is 15.0 Å². The summed E-state index contributed by atoms with van der Waals surface area (Å²) in [5, 5.41) is 2.55. The van der Waals surface area contributed by atoms with Gasteiger partial charge in [0.05, 0.1) is 22.1 Å². The zero-order valence-corrected chi connectivity index (χ0v) is 15.2. The van der Waals surface area contributed by atoms with Crippen molar-refractivity contribution in [2.45, 2.75) is 29.9 Å². The van der Waals surface area contributed by atoms with Crippen LogP contribution in [0.2, 0.25) is 5.15 Å². The van der Waals surface area contributed by atoms with Crippen molar-refractivity contribution in [3.63, 3.8) is 0 Å². The molecule has 1 atom stereocenters. The molecule has 0 radical (unpaired) electrons. The molecule has 0 aliphatic rings. The topological polar surface area (TPSA) is 64.7 Å². The Labute approximate surface area is 154 Å². The first kappa shape index (κ1) is 18.2. The van der Waals surface area contributed by atoms with Crippen LogP contribution in [0.25, 0.3) is 10.1 Å². The fourth-order valence-corrected chi connectivity index (χ4v) is 4.29. The molecule has 0 aromatic carbocycles. The Morgan fingerprint density at radius 3 is 2.76 bits per heavy atom. The third-order valence-electron chi connectivity index (χ3n) is 3.35. The van der Waals surface area contributed by atoms with Gasteiger partial charge in [-0.3, -0.25) is 4.98 Å². The number of hydrogen-bond donors (Lipinski definition) is 1. The van der Waals surface area contributed by atoms with Gasteiger partial charge in [-0.05, 0) is 29.3 Å². The van der Waals surface area contributed by atoms with Gasteiger partial charge >= 0.3 is 6.18 Å². The zero-order chi connectivity index (χ0) is 18.2. The average Bonchev–Trinajstić information content (AvgIpc) is 2.86. The Morgan fingerprint density at radius 1 is 1.32 bits per heavy atom. The Morgan fingerprint density at radius 2 is 2.08 bits per heavy atom. The van der Waals surface area contributed by atoms with Gasteiger partial charge in [-0.2, -0.15) is 13.2 Å². The number of thioether (sulfide) groups is 1. The quantitative estimate of drug-likeness (QED) is 0.364. The molecule has 25 heavy (non-hydrogen) atoms. The highest BCUT2D eigenvalue weighted by Gasteiger charge is 2.29. The van der Waals surface area contributed by atoms with Crippen LogP contribution < -0.4 is 5.73 Å². The Balaban J connectivity index is 1.88. The van der Waals surface area contributed by atoms with Crippen LogP contribution in [-0.4, -0.2) is 21.1 Å². The van der Waals surface area contributed by atoms with Crippen molar-refractivity contribution in [2.75, 3.05) is 5.73 Å². The van der Waals surface area contributed by atoms with E-state index in [1.54, 1.807) is 12.3 Å². The number of pyridine rings is 1. The molecule has 0 bridgehead atoms. The summed E-state index contributed by atoms with van der Waals surface area (Å²) in [5.41, 5.74) is 6.54. The zero-order valence-electron chi connectivity index (χ0n) is 12.8. The molecule has 10 heteroatoms. The van der Waals surface area contributed by atoms with E-state index in [0.717, 1.165) is 4.70 Å². The van der Waals surface area contributed by atoms with E-state index in [9.17, 15) is 13.2 Å². The molecule has 4 nitrogen and oxygen atoms in total. The molecule has 0 aliphatic carbocycles. The number of nitrogens with zero attached hydrogens (tertiary/aromatic N) is 3. The van der Waals surface area contributed by atoms with E-state index in [0.29, 0.717) is 16.2 Å². The lowest BCUT2D eigenvalue weighted by Crippen LogP contribution is -2.11. The summed E-state index contributed by atoms with van der Waals surface area (Å²) < 4.78 is 38.9. The lowest BCUT2D eigenvalue weighted by Gasteiger charge is -2.11. The molecular formula is C15H12ClF3N4S2. The molecule has 3 rings (SSSR count). The highest BCUT2D eigenvalue weighted by atomic mass is 35.5. The van der Waals surface area contributed by atoms with Crippen LogP contribution in [0.5, 0.6) is 0 Å². The average molecular weight is 405 g/mol. The van der Waals surface area contributed by atoms with Crippen LogP contribution >= 0.6 is 34.7 Å². The molecule has 132 valence electrons.